The molecule has 0 unspecified atom stereocenters. The van der Waals surface area contributed by atoms with E-state index in [0.29, 0.717) is 11.3 Å². The summed E-state index contributed by atoms with van der Waals surface area (Å²) in [7, 11) is 0. The van der Waals surface area contributed by atoms with Gasteiger partial charge in [0.25, 0.3) is 5.91 Å². The molecule has 0 spiro atoms. The number of aryl methyl sites for hydroxylation is 1. The SMILES string of the molecule is C=CC(=C)NC(=O)c1ccc(C)cc1. The van der Waals surface area contributed by atoms with Gasteiger partial charge in [0.15, 0.2) is 0 Å². The van der Waals surface area contributed by atoms with Crippen LogP contribution in [-0.4, -0.2) is 5.91 Å². The van der Waals surface area contributed by atoms with Crippen molar-refractivity contribution in [2.24, 2.45) is 0 Å². The van der Waals surface area contributed by atoms with E-state index in [0.717, 1.165) is 5.56 Å². The molecule has 0 saturated carbocycles. The lowest BCUT2D eigenvalue weighted by molar-refractivity contribution is 0.0967. The van der Waals surface area contributed by atoms with Crippen molar-refractivity contribution in [3.8, 4) is 0 Å². The summed E-state index contributed by atoms with van der Waals surface area (Å²) in [6.45, 7) is 9.09. The van der Waals surface area contributed by atoms with E-state index in [2.05, 4.69) is 18.5 Å². The molecule has 0 saturated heterocycles. The molecular weight excluding hydrogens is 174 g/mol. The van der Waals surface area contributed by atoms with Crippen molar-refractivity contribution in [2.75, 3.05) is 0 Å². The van der Waals surface area contributed by atoms with Crippen molar-refractivity contribution < 1.29 is 4.79 Å². The first-order valence-corrected chi connectivity index (χ1v) is 4.33. The Kier molecular flexibility index (Phi) is 3.24. The van der Waals surface area contributed by atoms with Gasteiger partial charge in [-0.1, -0.05) is 30.9 Å². The zero-order chi connectivity index (χ0) is 10.6. The number of nitrogens with one attached hydrogen (secondary N) is 1. The van der Waals surface area contributed by atoms with E-state index in [9.17, 15) is 4.79 Å². The molecule has 2 nitrogen and oxygen atoms in total. The van der Waals surface area contributed by atoms with Gasteiger partial charge in [-0.25, -0.2) is 0 Å². The fourth-order valence-corrected chi connectivity index (χ4v) is 0.974. The van der Waals surface area contributed by atoms with Crippen LogP contribution in [0.3, 0.4) is 0 Å². The Hall–Kier alpha value is -1.83. The van der Waals surface area contributed by atoms with Crippen LogP contribution in [0.25, 0.3) is 0 Å². The molecule has 0 radical (unpaired) electrons. The van der Waals surface area contributed by atoms with Gasteiger partial charge in [-0.15, -0.1) is 0 Å². The molecule has 14 heavy (non-hydrogen) atoms. The molecular formula is C12H13NO. The quantitative estimate of drug-likeness (QED) is 0.723. The Morgan fingerprint density at radius 1 is 1.36 bits per heavy atom. The Morgan fingerprint density at radius 3 is 2.43 bits per heavy atom. The summed E-state index contributed by atoms with van der Waals surface area (Å²) in [5.41, 5.74) is 2.26. The number of carbonyl (C=O) groups is 1. The van der Waals surface area contributed by atoms with Crippen molar-refractivity contribution in [3.05, 3.63) is 60.3 Å². The molecule has 1 rings (SSSR count). The van der Waals surface area contributed by atoms with Crippen LogP contribution in [0.4, 0.5) is 0 Å². The first-order valence-electron chi connectivity index (χ1n) is 4.33. The average Bonchev–Trinajstić information content (AvgIpc) is 2.18. The number of hydrogen-bond donors (Lipinski definition) is 1. The van der Waals surface area contributed by atoms with E-state index >= 15 is 0 Å². The van der Waals surface area contributed by atoms with Crippen molar-refractivity contribution in [3.63, 3.8) is 0 Å². The smallest absolute Gasteiger partial charge is 0.255 e. The minimum absolute atomic E-state index is 0.157. The predicted octanol–water partition coefficient (Wildman–Crippen LogP) is 2.42. The molecule has 0 aliphatic carbocycles. The Labute approximate surface area is 84.0 Å². The minimum atomic E-state index is -0.157. The molecule has 2 heteroatoms. The van der Waals surface area contributed by atoms with Gasteiger partial charge in [0.05, 0.1) is 0 Å². The lowest BCUT2D eigenvalue weighted by Gasteiger charge is -2.04. The maximum absolute atomic E-state index is 11.5. The largest absolute Gasteiger partial charge is 0.323 e. The summed E-state index contributed by atoms with van der Waals surface area (Å²) >= 11 is 0. The van der Waals surface area contributed by atoms with Crippen molar-refractivity contribution in [1.82, 2.24) is 5.32 Å². The summed E-state index contributed by atoms with van der Waals surface area (Å²) in [4.78, 5) is 11.5. The molecule has 1 amide bonds. The molecule has 0 atom stereocenters. The number of benzene rings is 1. The lowest BCUT2D eigenvalue weighted by Crippen LogP contribution is -2.20. The second-order valence-electron chi connectivity index (χ2n) is 3.05. The van der Waals surface area contributed by atoms with E-state index in [4.69, 9.17) is 0 Å². The maximum atomic E-state index is 11.5. The first-order chi connectivity index (χ1) is 6.63. The van der Waals surface area contributed by atoms with Crippen LogP contribution in [0, 0.1) is 6.92 Å². The summed E-state index contributed by atoms with van der Waals surface area (Å²) in [5, 5.41) is 2.61. The highest BCUT2D eigenvalue weighted by Crippen LogP contribution is 2.03. The van der Waals surface area contributed by atoms with Crippen LogP contribution in [0.15, 0.2) is 49.2 Å². The van der Waals surface area contributed by atoms with Crippen LogP contribution in [0.1, 0.15) is 15.9 Å². The Bertz CT molecular complexity index is 362. The molecule has 0 aliphatic heterocycles. The Balaban J connectivity index is 2.75. The number of amides is 1. The number of rotatable bonds is 3. The summed E-state index contributed by atoms with van der Waals surface area (Å²) in [6.07, 6.45) is 1.51. The highest BCUT2D eigenvalue weighted by molar-refractivity contribution is 5.95. The average molecular weight is 187 g/mol. The summed E-state index contributed by atoms with van der Waals surface area (Å²) in [6, 6.07) is 7.35. The van der Waals surface area contributed by atoms with Crippen molar-refractivity contribution in [2.45, 2.75) is 6.92 Å². The molecule has 72 valence electrons. The van der Waals surface area contributed by atoms with E-state index in [-0.39, 0.29) is 5.91 Å². The Morgan fingerprint density at radius 2 is 1.93 bits per heavy atom. The maximum Gasteiger partial charge on any atom is 0.255 e. The van der Waals surface area contributed by atoms with Gasteiger partial charge in [0, 0.05) is 11.3 Å². The zero-order valence-electron chi connectivity index (χ0n) is 8.21. The standard InChI is InChI=1S/C12H13NO/c1-4-10(3)13-12(14)11-7-5-9(2)6-8-11/h4-8H,1,3H2,2H3,(H,13,14). The van der Waals surface area contributed by atoms with Gasteiger partial charge >= 0.3 is 0 Å². The van der Waals surface area contributed by atoms with Crippen molar-refractivity contribution >= 4 is 5.91 Å². The second-order valence-corrected chi connectivity index (χ2v) is 3.05. The van der Waals surface area contributed by atoms with E-state index in [1.807, 2.05) is 19.1 Å². The zero-order valence-corrected chi connectivity index (χ0v) is 8.21. The van der Waals surface area contributed by atoms with Crippen LogP contribution in [0.5, 0.6) is 0 Å². The molecule has 1 N–H and O–H groups in total. The minimum Gasteiger partial charge on any atom is -0.323 e. The third kappa shape index (κ3) is 2.59. The van der Waals surface area contributed by atoms with Gasteiger partial charge in [-0.3, -0.25) is 4.79 Å². The summed E-state index contributed by atoms with van der Waals surface area (Å²) in [5.74, 6) is -0.157. The van der Waals surface area contributed by atoms with Crippen LogP contribution < -0.4 is 5.32 Å². The summed E-state index contributed by atoms with van der Waals surface area (Å²) < 4.78 is 0. The fraction of sp³-hybridized carbons (Fsp3) is 0.0833. The van der Waals surface area contributed by atoms with Gasteiger partial charge < -0.3 is 5.32 Å². The lowest BCUT2D eigenvalue weighted by atomic mass is 10.1. The van der Waals surface area contributed by atoms with Crippen LogP contribution >= 0.6 is 0 Å². The fourth-order valence-electron chi connectivity index (χ4n) is 0.974. The van der Waals surface area contributed by atoms with E-state index in [1.54, 1.807) is 12.1 Å². The highest BCUT2D eigenvalue weighted by atomic mass is 16.1. The molecule has 0 fully saturated rings. The van der Waals surface area contributed by atoms with Gasteiger partial charge in [-0.2, -0.15) is 0 Å². The number of carbonyl (C=O) groups excluding carboxylic acids is 1. The van der Waals surface area contributed by atoms with E-state index < -0.39 is 0 Å². The van der Waals surface area contributed by atoms with Gasteiger partial charge in [-0.05, 0) is 25.1 Å². The predicted molar refractivity (Wildman–Crippen MR) is 58.0 cm³/mol. The van der Waals surface area contributed by atoms with Gasteiger partial charge in [0.2, 0.25) is 0 Å². The van der Waals surface area contributed by atoms with E-state index in [1.165, 1.54) is 6.08 Å². The third-order valence-corrected chi connectivity index (χ3v) is 1.83. The topological polar surface area (TPSA) is 29.1 Å². The number of hydrogen-bond acceptors (Lipinski definition) is 1. The third-order valence-electron chi connectivity index (χ3n) is 1.83. The molecule has 1 aromatic rings. The molecule has 0 aliphatic rings. The normalized spacial score (nSPS) is 9.21. The molecule has 0 aromatic heterocycles. The van der Waals surface area contributed by atoms with Crippen LogP contribution in [-0.2, 0) is 0 Å². The highest BCUT2D eigenvalue weighted by Gasteiger charge is 2.03. The number of allylic oxidation sites excluding steroid dienone is 1. The van der Waals surface area contributed by atoms with Crippen molar-refractivity contribution in [1.29, 1.82) is 0 Å². The van der Waals surface area contributed by atoms with Gasteiger partial charge in [0.1, 0.15) is 0 Å². The van der Waals surface area contributed by atoms with Crippen LogP contribution in [0.2, 0.25) is 0 Å². The molecule has 0 heterocycles. The first kappa shape index (κ1) is 10.3. The monoisotopic (exact) mass is 187 g/mol. The molecule has 1 aromatic carbocycles. The second kappa shape index (κ2) is 4.42. The molecule has 0 bridgehead atoms.